The Balaban J connectivity index is 1.55. The van der Waals surface area contributed by atoms with Gasteiger partial charge in [0.05, 0.1) is 12.1 Å². The van der Waals surface area contributed by atoms with Crippen LogP contribution in [0.1, 0.15) is 22.3 Å². The van der Waals surface area contributed by atoms with Gasteiger partial charge in [0.25, 0.3) is 11.8 Å². The largest absolute Gasteiger partial charge is 0.352 e. The van der Waals surface area contributed by atoms with E-state index in [-0.39, 0.29) is 24.2 Å². The van der Waals surface area contributed by atoms with Crippen LogP contribution in [0, 0.1) is 5.82 Å². The molecule has 0 spiro atoms. The molecular formula is C25H21FN4O4. The summed E-state index contributed by atoms with van der Waals surface area (Å²) in [5.74, 6) is -2.33. The van der Waals surface area contributed by atoms with Crippen LogP contribution < -0.4 is 15.6 Å². The number of anilines is 1. The molecule has 34 heavy (non-hydrogen) atoms. The molecule has 1 saturated heterocycles. The van der Waals surface area contributed by atoms with Gasteiger partial charge in [0.15, 0.2) is 0 Å². The number of hydrazine groups is 1. The molecule has 1 aliphatic heterocycles. The number of halogens is 1. The molecular weight excluding hydrogens is 439 g/mol. The first-order valence-electron chi connectivity index (χ1n) is 10.5. The van der Waals surface area contributed by atoms with Crippen molar-refractivity contribution in [3.8, 4) is 0 Å². The Kier molecular flexibility index (Phi) is 6.63. The molecule has 3 aromatic rings. The van der Waals surface area contributed by atoms with Crippen molar-refractivity contribution in [3.05, 3.63) is 102 Å². The van der Waals surface area contributed by atoms with Gasteiger partial charge in [0, 0.05) is 12.1 Å². The summed E-state index contributed by atoms with van der Waals surface area (Å²) < 4.78 is 13.4. The lowest BCUT2D eigenvalue weighted by Crippen LogP contribution is -2.50. The number of urea groups is 1. The highest BCUT2D eigenvalue weighted by molar-refractivity contribution is 6.22. The van der Waals surface area contributed by atoms with E-state index in [2.05, 4.69) is 10.7 Å². The van der Waals surface area contributed by atoms with E-state index in [1.54, 1.807) is 30.3 Å². The van der Waals surface area contributed by atoms with Gasteiger partial charge in [-0.05, 0) is 42.0 Å². The maximum absolute atomic E-state index is 13.4. The van der Waals surface area contributed by atoms with Gasteiger partial charge in [-0.1, -0.05) is 48.5 Å². The molecule has 1 fully saturated rings. The molecule has 4 rings (SSSR count). The lowest BCUT2D eigenvalue weighted by atomic mass is 10.1. The Morgan fingerprint density at radius 3 is 2.12 bits per heavy atom. The van der Waals surface area contributed by atoms with E-state index in [9.17, 15) is 23.6 Å². The molecule has 0 aliphatic carbocycles. The Bertz CT molecular complexity index is 1200. The van der Waals surface area contributed by atoms with Crippen LogP contribution in [-0.2, 0) is 16.1 Å². The number of hydrogen-bond acceptors (Lipinski definition) is 4. The van der Waals surface area contributed by atoms with Crippen molar-refractivity contribution in [1.82, 2.24) is 15.8 Å². The van der Waals surface area contributed by atoms with Crippen LogP contribution in [0.4, 0.5) is 14.9 Å². The average Bonchev–Trinajstić information content (AvgIpc) is 3.08. The molecule has 8 nitrogen and oxygen atoms in total. The first-order valence-corrected chi connectivity index (χ1v) is 10.5. The van der Waals surface area contributed by atoms with E-state index in [1.807, 2.05) is 30.3 Å². The molecule has 1 atom stereocenters. The van der Waals surface area contributed by atoms with Crippen molar-refractivity contribution in [2.45, 2.75) is 19.0 Å². The zero-order valence-electron chi connectivity index (χ0n) is 18.0. The number of nitrogens with one attached hydrogen (secondary N) is 2. The van der Waals surface area contributed by atoms with Gasteiger partial charge in [-0.3, -0.25) is 19.8 Å². The second-order valence-electron chi connectivity index (χ2n) is 7.59. The first kappa shape index (κ1) is 22.7. The minimum atomic E-state index is -1.28. The van der Waals surface area contributed by atoms with Crippen LogP contribution >= 0.6 is 0 Å². The average molecular weight is 460 g/mol. The van der Waals surface area contributed by atoms with E-state index < -0.39 is 35.6 Å². The second-order valence-corrected chi connectivity index (χ2v) is 7.59. The topological polar surface area (TPSA) is 98.8 Å². The maximum atomic E-state index is 13.4. The summed E-state index contributed by atoms with van der Waals surface area (Å²) in [5, 5.41) is 3.57. The highest BCUT2D eigenvalue weighted by Crippen LogP contribution is 2.26. The van der Waals surface area contributed by atoms with Crippen molar-refractivity contribution in [3.63, 3.8) is 0 Å². The smallest absolute Gasteiger partial charge is 0.350 e. The Hall–Kier alpha value is -4.53. The van der Waals surface area contributed by atoms with E-state index in [0.717, 1.165) is 27.6 Å². The van der Waals surface area contributed by atoms with E-state index in [1.165, 1.54) is 12.1 Å². The van der Waals surface area contributed by atoms with E-state index in [4.69, 9.17) is 0 Å². The van der Waals surface area contributed by atoms with Gasteiger partial charge in [-0.15, -0.1) is 0 Å². The fraction of sp³-hybridized carbons (Fsp3) is 0.120. The van der Waals surface area contributed by atoms with Crippen LogP contribution in [0.15, 0.2) is 84.9 Å². The van der Waals surface area contributed by atoms with Crippen LogP contribution in [0.3, 0.4) is 0 Å². The number of hydrogen-bond donors (Lipinski definition) is 2. The summed E-state index contributed by atoms with van der Waals surface area (Å²) in [6.45, 7) is 0.243. The summed E-state index contributed by atoms with van der Waals surface area (Å²) in [5.41, 5.74) is 3.71. The lowest BCUT2D eigenvalue weighted by Gasteiger charge is -2.22. The van der Waals surface area contributed by atoms with Crippen molar-refractivity contribution >= 4 is 29.4 Å². The third kappa shape index (κ3) is 4.93. The van der Waals surface area contributed by atoms with Gasteiger partial charge in [0.2, 0.25) is 5.91 Å². The number of benzene rings is 3. The second kappa shape index (κ2) is 9.95. The highest BCUT2D eigenvalue weighted by atomic mass is 19.1. The predicted octanol–water partition coefficient (Wildman–Crippen LogP) is 3.01. The third-order valence-corrected chi connectivity index (χ3v) is 5.27. The summed E-state index contributed by atoms with van der Waals surface area (Å²) in [4.78, 5) is 52.5. The Morgan fingerprint density at radius 1 is 0.853 bits per heavy atom. The number of imide groups is 1. The zero-order chi connectivity index (χ0) is 24.1. The summed E-state index contributed by atoms with van der Waals surface area (Å²) in [7, 11) is 0. The predicted molar refractivity (Wildman–Crippen MR) is 122 cm³/mol. The normalized spacial score (nSPS) is 15.4. The maximum Gasteiger partial charge on any atom is 0.350 e. The molecule has 0 radical (unpaired) electrons. The Morgan fingerprint density at radius 2 is 1.47 bits per heavy atom. The highest BCUT2D eigenvalue weighted by Gasteiger charge is 2.48. The molecule has 2 N–H and O–H groups in total. The minimum absolute atomic E-state index is 0.127. The summed E-state index contributed by atoms with van der Waals surface area (Å²) in [6, 6.07) is 20.0. The van der Waals surface area contributed by atoms with Crippen LogP contribution in [0.5, 0.6) is 0 Å². The molecule has 9 heteroatoms. The SMILES string of the molecule is O=C(C[C@@H]1C(=O)N(c2ccc(F)cc2)C(=O)N1NC(=O)c1ccccc1)NCc1ccccc1. The molecule has 5 amide bonds. The quantitative estimate of drug-likeness (QED) is 0.530. The number of carbonyl (C=O) groups is 4. The standard InChI is InChI=1S/C25H21FN4O4/c26-19-11-13-20(14-12-19)29-24(33)21(15-22(31)27-16-17-7-3-1-4-8-17)30(25(29)34)28-23(32)18-9-5-2-6-10-18/h1-14,21H,15-16H2,(H,27,31)(H,28,32)/t21-/m1/s1. The Labute approximate surface area is 194 Å². The molecule has 0 saturated carbocycles. The van der Waals surface area contributed by atoms with E-state index >= 15 is 0 Å². The van der Waals surface area contributed by atoms with Gasteiger partial charge >= 0.3 is 6.03 Å². The summed E-state index contributed by atoms with van der Waals surface area (Å²) >= 11 is 0. The minimum Gasteiger partial charge on any atom is -0.352 e. The van der Waals surface area contributed by atoms with Crippen molar-refractivity contribution < 1.29 is 23.6 Å². The van der Waals surface area contributed by atoms with Gasteiger partial charge in [0.1, 0.15) is 11.9 Å². The summed E-state index contributed by atoms with van der Waals surface area (Å²) in [6.07, 6.45) is -0.371. The van der Waals surface area contributed by atoms with Crippen molar-refractivity contribution in [2.24, 2.45) is 0 Å². The fourth-order valence-corrected chi connectivity index (χ4v) is 3.53. The van der Waals surface area contributed by atoms with Gasteiger partial charge in [-0.2, -0.15) is 0 Å². The molecule has 1 aliphatic rings. The zero-order valence-corrected chi connectivity index (χ0v) is 18.0. The third-order valence-electron chi connectivity index (χ3n) is 5.27. The van der Waals surface area contributed by atoms with Crippen LogP contribution in [-0.4, -0.2) is 34.8 Å². The molecule has 1 heterocycles. The molecule has 0 bridgehead atoms. The monoisotopic (exact) mass is 460 g/mol. The van der Waals surface area contributed by atoms with Crippen molar-refractivity contribution in [1.29, 1.82) is 0 Å². The number of rotatable bonds is 7. The first-order chi connectivity index (χ1) is 16.4. The van der Waals surface area contributed by atoms with Crippen LogP contribution in [0.2, 0.25) is 0 Å². The van der Waals surface area contributed by atoms with Crippen molar-refractivity contribution in [2.75, 3.05) is 4.90 Å². The number of nitrogens with zero attached hydrogens (tertiary/aromatic N) is 2. The van der Waals surface area contributed by atoms with Gasteiger partial charge < -0.3 is 5.32 Å². The van der Waals surface area contributed by atoms with Crippen LogP contribution in [0.25, 0.3) is 0 Å². The van der Waals surface area contributed by atoms with Gasteiger partial charge in [-0.25, -0.2) is 19.1 Å². The number of carbonyl (C=O) groups excluding carboxylic acids is 4. The fourth-order valence-electron chi connectivity index (χ4n) is 3.53. The lowest BCUT2D eigenvalue weighted by molar-refractivity contribution is -0.127. The molecule has 0 unspecified atom stereocenters. The molecule has 0 aromatic heterocycles. The number of amides is 5. The molecule has 3 aromatic carbocycles. The molecule has 172 valence electrons. The van der Waals surface area contributed by atoms with E-state index in [0.29, 0.717) is 0 Å².